The predicted octanol–water partition coefficient (Wildman–Crippen LogP) is 7.04. The number of fused-ring (bicyclic) bond motifs is 1. The van der Waals surface area contributed by atoms with Crippen molar-refractivity contribution in [2.45, 2.75) is 57.9 Å². The molecule has 0 bridgehead atoms. The monoisotopic (exact) mass is 572 g/mol. The van der Waals surface area contributed by atoms with E-state index in [-0.39, 0.29) is 18.3 Å². The summed E-state index contributed by atoms with van der Waals surface area (Å²) >= 11 is 3.71. The smallest absolute Gasteiger partial charge is 0.134 e. The van der Waals surface area contributed by atoms with Crippen molar-refractivity contribution in [1.82, 2.24) is 9.88 Å². The molecule has 0 amide bonds. The van der Waals surface area contributed by atoms with E-state index in [1.165, 1.54) is 27.6 Å². The molecule has 4 nitrogen and oxygen atoms in total. The number of halogens is 2. The first-order valence-corrected chi connectivity index (χ1v) is 14.0. The maximum Gasteiger partial charge on any atom is 0.134 e. The van der Waals surface area contributed by atoms with Crippen molar-refractivity contribution in [2.75, 3.05) is 26.3 Å². The Morgan fingerprint density at radius 1 is 1.08 bits per heavy atom. The van der Waals surface area contributed by atoms with Crippen LogP contribution in [0.1, 0.15) is 61.1 Å². The zero-order chi connectivity index (χ0) is 24.2. The second kappa shape index (κ2) is 12.7. The van der Waals surface area contributed by atoms with Crippen LogP contribution in [0, 0.1) is 18.8 Å². The number of hydrogen-bond acceptors (Lipinski definition) is 3. The van der Waals surface area contributed by atoms with Crippen LogP contribution in [0.5, 0.6) is 0 Å². The molecule has 194 valence electrons. The Hall–Kier alpha value is -1.66. The third kappa shape index (κ3) is 6.61. The van der Waals surface area contributed by atoms with Crippen LogP contribution in [0.4, 0.5) is 0 Å². The lowest BCUT2D eigenvalue weighted by atomic mass is 9.83. The molecule has 1 unspecified atom stereocenters. The normalized spacial score (nSPS) is 18.2. The second-order valence-electron chi connectivity index (χ2n) is 10.6. The highest BCUT2D eigenvalue weighted by atomic mass is 79.9. The maximum absolute atomic E-state index is 13.4. The number of carbonyl (C=O) groups excluding carboxylic acids is 1. The number of ether oxygens (including phenoxy) is 1. The third-order valence-electron chi connectivity index (χ3n) is 7.90. The van der Waals surface area contributed by atoms with Gasteiger partial charge in [-0.15, -0.1) is 12.4 Å². The first-order chi connectivity index (χ1) is 17.1. The Bertz CT molecular complexity index is 1160. The van der Waals surface area contributed by atoms with Gasteiger partial charge < -0.3 is 14.6 Å². The number of aryl methyl sites for hydroxylation is 1. The Labute approximate surface area is 229 Å². The minimum atomic E-state index is 0. The molecule has 2 aromatic carbocycles. The lowest BCUT2D eigenvalue weighted by Gasteiger charge is -2.23. The van der Waals surface area contributed by atoms with E-state index in [1.807, 2.05) is 0 Å². The van der Waals surface area contributed by atoms with Crippen molar-refractivity contribution in [3.63, 3.8) is 0 Å². The number of nitrogens with one attached hydrogen (secondary N) is 1. The fourth-order valence-electron chi connectivity index (χ4n) is 5.95. The summed E-state index contributed by atoms with van der Waals surface area (Å²) in [4.78, 5) is 13.4. The minimum Gasteiger partial charge on any atom is -0.381 e. The number of rotatable bonds is 8. The van der Waals surface area contributed by atoms with Crippen LogP contribution in [-0.4, -0.2) is 36.7 Å². The summed E-state index contributed by atoms with van der Waals surface area (Å²) in [6.45, 7) is 6.94. The summed E-state index contributed by atoms with van der Waals surface area (Å²) in [6.07, 6.45) is 8.06. The van der Waals surface area contributed by atoms with Crippen molar-refractivity contribution in [3.8, 4) is 0 Å². The summed E-state index contributed by atoms with van der Waals surface area (Å²) < 4.78 is 9.12. The van der Waals surface area contributed by atoms with Crippen molar-refractivity contribution < 1.29 is 9.53 Å². The molecule has 1 aromatic heterocycles. The summed E-state index contributed by atoms with van der Waals surface area (Å²) in [6, 6.07) is 15.3. The maximum atomic E-state index is 13.4. The molecule has 2 aliphatic heterocycles. The zero-order valence-corrected chi connectivity index (χ0v) is 23.6. The molecule has 0 aliphatic carbocycles. The molecular weight excluding hydrogens is 536 g/mol. The molecule has 3 aromatic rings. The Balaban J connectivity index is 0.00000304. The molecule has 1 atom stereocenters. The highest BCUT2D eigenvalue weighted by Crippen LogP contribution is 2.38. The molecular formula is C30H38BrClN2O2. The van der Waals surface area contributed by atoms with Crippen molar-refractivity contribution in [2.24, 2.45) is 11.8 Å². The average molecular weight is 574 g/mol. The van der Waals surface area contributed by atoms with Crippen LogP contribution in [0.15, 0.2) is 53.1 Å². The summed E-state index contributed by atoms with van der Waals surface area (Å²) in [5.74, 6) is 1.61. The van der Waals surface area contributed by atoms with Crippen LogP contribution < -0.4 is 5.32 Å². The van der Waals surface area contributed by atoms with Crippen molar-refractivity contribution in [1.29, 1.82) is 0 Å². The van der Waals surface area contributed by atoms with Gasteiger partial charge >= 0.3 is 0 Å². The standard InChI is InChI=1S/C30H37BrN2O2.ClH/c1-21-3-2-4-24(15-21)27(18-26(34)16-22-7-11-32-12-8-22)29-20-33(19-23-9-13-35-14-10-23)30-6-5-25(31)17-28(29)30;/h2-6,15,17,20,22-23,27,32H,7-14,16,18-19H2,1H3;1H. The van der Waals surface area contributed by atoms with E-state index in [1.54, 1.807) is 0 Å². The van der Waals surface area contributed by atoms with E-state index in [0.29, 0.717) is 30.5 Å². The number of piperidine rings is 1. The molecule has 6 heteroatoms. The van der Waals surface area contributed by atoms with Gasteiger partial charge in [-0.25, -0.2) is 0 Å². The molecule has 2 saturated heterocycles. The number of aromatic nitrogens is 1. The molecule has 0 spiro atoms. The van der Waals surface area contributed by atoms with Gasteiger partial charge in [-0.05, 0) is 86.9 Å². The molecule has 3 heterocycles. The molecule has 1 N–H and O–H groups in total. The van der Waals surface area contributed by atoms with E-state index in [0.717, 1.165) is 63.0 Å². The molecule has 2 aliphatic rings. The predicted molar refractivity (Wildman–Crippen MR) is 153 cm³/mol. The van der Waals surface area contributed by atoms with Crippen molar-refractivity contribution in [3.05, 3.63) is 69.8 Å². The Morgan fingerprint density at radius 2 is 1.86 bits per heavy atom. The number of hydrogen-bond donors (Lipinski definition) is 1. The Morgan fingerprint density at radius 3 is 2.61 bits per heavy atom. The highest BCUT2D eigenvalue weighted by molar-refractivity contribution is 9.10. The minimum absolute atomic E-state index is 0. The quantitative estimate of drug-likeness (QED) is 0.314. The average Bonchev–Trinajstić information content (AvgIpc) is 3.20. The number of Topliss-reactive ketones (excluding diaryl/α,β-unsaturated/α-hetero) is 1. The first-order valence-electron chi connectivity index (χ1n) is 13.2. The van der Waals surface area contributed by atoms with Gasteiger partial charge in [0.05, 0.1) is 0 Å². The van der Waals surface area contributed by atoms with Gasteiger partial charge in [-0.2, -0.15) is 0 Å². The van der Waals surface area contributed by atoms with Crippen LogP contribution in [-0.2, 0) is 16.1 Å². The lowest BCUT2D eigenvalue weighted by Crippen LogP contribution is -2.29. The van der Waals surface area contributed by atoms with E-state index in [2.05, 4.69) is 81.4 Å². The van der Waals surface area contributed by atoms with Crippen molar-refractivity contribution >= 4 is 45.0 Å². The zero-order valence-electron chi connectivity index (χ0n) is 21.2. The Kier molecular flexibility index (Phi) is 9.68. The van der Waals surface area contributed by atoms with Crippen LogP contribution >= 0.6 is 28.3 Å². The van der Waals surface area contributed by atoms with Crippen LogP contribution in [0.3, 0.4) is 0 Å². The van der Waals surface area contributed by atoms with Crippen LogP contribution in [0.2, 0.25) is 0 Å². The third-order valence-corrected chi connectivity index (χ3v) is 8.39. The summed E-state index contributed by atoms with van der Waals surface area (Å²) in [7, 11) is 0. The number of nitrogens with zero attached hydrogens (tertiary/aromatic N) is 1. The van der Waals surface area contributed by atoms with E-state index in [9.17, 15) is 4.79 Å². The van der Waals surface area contributed by atoms with Gasteiger partial charge in [0, 0.05) is 60.1 Å². The van der Waals surface area contributed by atoms with Gasteiger partial charge in [0.25, 0.3) is 0 Å². The fraction of sp³-hybridized carbons (Fsp3) is 0.500. The molecule has 5 rings (SSSR count). The van der Waals surface area contributed by atoms with E-state index < -0.39 is 0 Å². The summed E-state index contributed by atoms with van der Waals surface area (Å²) in [5.41, 5.74) is 5.02. The SMILES string of the molecule is Cc1cccc(C(CC(=O)CC2CCNCC2)c2cn(CC3CCOCC3)c3ccc(Br)cc23)c1.Cl. The van der Waals surface area contributed by atoms with E-state index >= 15 is 0 Å². The molecule has 0 saturated carbocycles. The number of benzene rings is 2. The molecule has 2 fully saturated rings. The summed E-state index contributed by atoms with van der Waals surface area (Å²) in [5, 5.41) is 4.68. The van der Waals surface area contributed by atoms with Gasteiger partial charge in [-0.3, -0.25) is 4.79 Å². The molecule has 36 heavy (non-hydrogen) atoms. The fourth-order valence-corrected chi connectivity index (χ4v) is 6.31. The largest absolute Gasteiger partial charge is 0.381 e. The van der Waals surface area contributed by atoms with Gasteiger partial charge in [0.15, 0.2) is 0 Å². The highest BCUT2D eigenvalue weighted by Gasteiger charge is 2.26. The second-order valence-corrected chi connectivity index (χ2v) is 11.5. The van der Waals surface area contributed by atoms with Crippen LogP contribution in [0.25, 0.3) is 10.9 Å². The van der Waals surface area contributed by atoms with Gasteiger partial charge in [0.2, 0.25) is 0 Å². The van der Waals surface area contributed by atoms with E-state index in [4.69, 9.17) is 4.74 Å². The van der Waals surface area contributed by atoms with Gasteiger partial charge in [0.1, 0.15) is 5.78 Å². The topological polar surface area (TPSA) is 43.3 Å². The molecule has 0 radical (unpaired) electrons. The number of carbonyl (C=O) groups is 1. The number of ketones is 1. The first kappa shape index (κ1) is 27.4. The van der Waals surface area contributed by atoms with Gasteiger partial charge in [-0.1, -0.05) is 45.8 Å². The lowest BCUT2D eigenvalue weighted by molar-refractivity contribution is -0.120.